The van der Waals surface area contributed by atoms with Gasteiger partial charge in [0.25, 0.3) is 11.8 Å². The molecule has 28 heavy (non-hydrogen) atoms. The topological polar surface area (TPSA) is 64.2 Å². The molecule has 0 radical (unpaired) electrons. The highest BCUT2D eigenvalue weighted by Gasteiger charge is 2.35. The SMILES string of the molecule is CC1CN(c2ccc(C(F)(F)c3ccccc3)cc2)C(=O)c2c(N)cnn21.Cl. The number of aromatic nitrogens is 2. The summed E-state index contributed by atoms with van der Waals surface area (Å²) in [6.07, 6.45) is 1.46. The molecule has 146 valence electrons. The Kier molecular flexibility index (Phi) is 5.12. The van der Waals surface area contributed by atoms with E-state index in [1.54, 1.807) is 39.9 Å². The quantitative estimate of drug-likeness (QED) is 0.709. The first-order chi connectivity index (χ1) is 12.9. The standard InChI is InChI=1S/C20H18F2N4O.ClH/c1-13-12-25(19(27)18-17(23)11-24-26(13)18)16-9-7-15(8-10-16)20(21,22)14-5-3-2-4-6-14;/h2-11,13H,12,23H2,1H3;1H. The van der Waals surface area contributed by atoms with Crippen LogP contribution in [0.25, 0.3) is 0 Å². The molecule has 2 heterocycles. The number of rotatable bonds is 3. The Hall–Kier alpha value is -2.93. The molecule has 0 saturated carbocycles. The van der Waals surface area contributed by atoms with Crippen molar-refractivity contribution in [3.05, 3.63) is 77.6 Å². The summed E-state index contributed by atoms with van der Waals surface area (Å²) >= 11 is 0. The van der Waals surface area contributed by atoms with Gasteiger partial charge in [0, 0.05) is 23.4 Å². The molecule has 3 aromatic rings. The molecule has 1 aliphatic heterocycles. The van der Waals surface area contributed by atoms with E-state index in [2.05, 4.69) is 5.10 Å². The van der Waals surface area contributed by atoms with Crippen LogP contribution in [0.5, 0.6) is 0 Å². The van der Waals surface area contributed by atoms with Gasteiger partial charge in [-0.05, 0) is 19.1 Å². The van der Waals surface area contributed by atoms with E-state index in [9.17, 15) is 13.6 Å². The van der Waals surface area contributed by atoms with Gasteiger partial charge in [0.15, 0.2) is 0 Å². The van der Waals surface area contributed by atoms with Crippen LogP contribution in [0.4, 0.5) is 20.2 Å². The van der Waals surface area contributed by atoms with Crippen LogP contribution < -0.4 is 10.6 Å². The average Bonchev–Trinajstić information content (AvgIpc) is 3.08. The first-order valence-corrected chi connectivity index (χ1v) is 8.58. The summed E-state index contributed by atoms with van der Waals surface area (Å²) in [6.45, 7) is 2.31. The molecule has 1 unspecified atom stereocenters. The molecule has 1 aliphatic rings. The van der Waals surface area contributed by atoms with Crippen molar-refractivity contribution >= 4 is 29.7 Å². The minimum absolute atomic E-state index is 0. The smallest absolute Gasteiger partial charge is 0.298 e. The summed E-state index contributed by atoms with van der Waals surface area (Å²) in [4.78, 5) is 14.3. The maximum absolute atomic E-state index is 14.7. The molecular formula is C20H19ClF2N4O. The van der Waals surface area contributed by atoms with Gasteiger partial charge in [-0.25, -0.2) is 0 Å². The predicted octanol–water partition coefficient (Wildman–Crippen LogP) is 4.25. The number of benzene rings is 2. The third-order valence-corrected chi connectivity index (χ3v) is 4.81. The van der Waals surface area contributed by atoms with E-state index < -0.39 is 5.92 Å². The summed E-state index contributed by atoms with van der Waals surface area (Å²) in [5.41, 5.74) is 6.86. The van der Waals surface area contributed by atoms with Crippen molar-refractivity contribution in [3.8, 4) is 0 Å². The van der Waals surface area contributed by atoms with Crippen LogP contribution in [0.3, 0.4) is 0 Å². The van der Waals surface area contributed by atoms with Crippen LogP contribution >= 0.6 is 12.4 Å². The number of hydrogen-bond acceptors (Lipinski definition) is 3. The van der Waals surface area contributed by atoms with Gasteiger partial charge in [-0.3, -0.25) is 9.48 Å². The Labute approximate surface area is 167 Å². The van der Waals surface area contributed by atoms with Crippen LogP contribution in [0, 0.1) is 0 Å². The fourth-order valence-electron chi connectivity index (χ4n) is 3.37. The molecule has 2 N–H and O–H groups in total. The van der Waals surface area contributed by atoms with E-state index in [4.69, 9.17) is 5.73 Å². The largest absolute Gasteiger partial charge is 0.396 e. The number of nitrogens with zero attached hydrogens (tertiary/aromatic N) is 3. The van der Waals surface area contributed by atoms with Gasteiger partial charge in [-0.1, -0.05) is 42.5 Å². The summed E-state index contributed by atoms with van der Waals surface area (Å²) in [7, 11) is 0. The van der Waals surface area contributed by atoms with Gasteiger partial charge < -0.3 is 10.6 Å². The monoisotopic (exact) mass is 404 g/mol. The highest BCUT2D eigenvalue weighted by molar-refractivity contribution is 6.08. The minimum Gasteiger partial charge on any atom is -0.396 e. The van der Waals surface area contributed by atoms with Crippen molar-refractivity contribution in [2.24, 2.45) is 0 Å². The molecular weight excluding hydrogens is 386 g/mol. The highest BCUT2D eigenvalue weighted by Crippen LogP contribution is 2.37. The Morgan fingerprint density at radius 1 is 1.07 bits per heavy atom. The third kappa shape index (κ3) is 3.11. The summed E-state index contributed by atoms with van der Waals surface area (Å²) in [5, 5.41) is 4.14. The highest BCUT2D eigenvalue weighted by atomic mass is 35.5. The number of halogens is 3. The predicted molar refractivity (Wildman–Crippen MR) is 106 cm³/mol. The molecule has 0 saturated heterocycles. The van der Waals surface area contributed by atoms with Crippen LogP contribution in [0.15, 0.2) is 60.8 Å². The number of alkyl halides is 2. The molecule has 8 heteroatoms. The maximum atomic E-state index is 14.7. The van der Waals surface area contributed by atoms with Gasteiger partial charge in [-0.15, -0.1) is 12.4 Å². The number of fused-ring (bicyclic) bond motifs is 1. The zero-order valence-corrected chi connectivity index (χ0v) is 15.9. The Morgan fingerprint density at radius 3 is 2.32 bits per heavy atom. The van der Waals surface area contributed by atoms with Crippen LogP contribution in [-0.4, -0.2) is 22.2 Å². The molecule has 4 rings (SSSR count). The Bertz CT molecular complexity index is 989. The molecule has 0 bridgehead atoms. The second-order valence-corrected chi connectivity index (χ2v) is 6.65. The van der Waals surface area contributed by atoms with E-state index in [1.165, 1.54) is 30.5 Å². The van der Waals surface area contributed by atoms with Crippen molar-refractivity contribution in [2.45, 2.75) is 18.9 Å². The van der Waals surface area contributed by atoms with Crippen molar-refractivity contribution in [3.63, 3.8) is 0 Å². The second kappa shape index (κ2) is 7.24. The third-order valence-electron chi connectivity index (χ3n) is 4.81. The summed E-state index contributed by atoms with van der Waals surface area (Å²) in [5.74, 6) is -3.40. The zero-order valence-electron chi connectivity index (χ0n) is 15.0. The van der Waals surface area contributed by atoms with Gasteiger partial charge in [0.05, 0.1) is 17.9 Å². The first kappa shape index (κ1) is 19.8. The molecule has 0 fully saturated rings. The molecule has 1 amide bonds. The van der Waals surface area contributed by atoms with E-state index in [0.717, 1.165) is 0 Å². The lowest BCUT2D eigenvalue weighted by Crippen LogP contribution is -2.42. The van der Waals surface area contributed by atoms with E-state index >= 15 is 0 Å². The van der Waals surface area contributed by atoms with Gasteiger partial charge in [0.1, 0.15) is 5.69 Å². The second-order valence-electron chi connectivity index (χ2n) is 6.65. The van der Waals surface area contributed by atoms with E-state index in [0.29, 0.717) is 23.6 Å². The number of amides is 1. The lowest BCUT2D eigenvalue weighted by Gasteiger charge is -2.32. The van der Waals surface area contributed by atoms with Crippen LogP contribution in [-0.2, 0) is 5.92 Å². The summed E-state index contributed by atoms with van der Waals surface area (Å²) < 4.78 is 31.0. The number of nitrogen functional groups attached to an aromatic ring is 1. The average molecular weight is 405 g/mol. The normalized spacial score (nSPS) is 16.5. The van der Waals surface area contributed by atoms with Crippen molar-refractivity contribution < 1.29 is 13.6 Å². The van der Waals surface area contributed by atoms with Gasteiger partial charge in [0.2, 0.25) is 0 Å². The number of carbonyl (C=O) groups is 1. The van der Waals surface area contributed by atoms with Crippen molar-refractivity contribution in [2.75, 3.05) is 17.2 Å². The van der Waals surface area contributed by atoms with Crippen molar-refractivity contribution in [1.82, 2.24) is 9.78 Å². The van der Waals surface area contributed by atoms with E-state index in [-0.39, 0.29) is 35.5 Å². The van der Waals surface area contributed by atoms with Gasteiger partial charge >= 0.3 is 0 Å². The number of anilines is 2. The number of hydrogen-bond donors (Lipinski definition) is 1. The molecule has 0 spiro atoms. The molecule has 5 nitrogen and oxygen atoms in total. The van der Waals surface area contributed by atoms with Gasteiger partial charge in [-0.2, -0.15) is 13.9 Å². The Morgan fingerprint density at radius 2 is 1.68 bits per heavy atom. The zero-order chi connectivity index (χ0) is 19.2. The molecule has 2 aromatic carbocycles. The Balaban J connectivity index is 0.00000225. The fourth-order valence-corrected chi connectivity index (χ4v) is 3.37. The first-order valence-electron chi connectivity index (χ1n) is 8.58. The molecule has 0 aliphatic carbocycles. The molecule has 1 aromatic heterocycles. The lowest BCUT2D eigenvalue weighted by atomic mass is 10.00. The van der Waals surface area contributed by atoms with Crippen LogP contribution in [0.2, 0.25) is 0 Å². The number of nitrogens with two attached hydrogens (primary N) is 1. The van der Waals surface area contributed by atoms with E-state index in [1.807, 2.05) is 6.92 Å². The summed E-state index contributed by atoms with van der Waals surface area (Å²) in [6, 6.07) is 13.4. The number of carbonyl (C=O) groups excluding carboxylic acids is 1. The lowest BCUT2D eigenvalue weighted by molar-refractivity contribution is 0.0428. The van der Waals surface area contributed by atoms with Crippen LogP contribution in [0.1, 0.15) is 34.6 Å². The molecule has 1 atom stereocenters. The van der Waals surface area contributed by atoms with Crippen molar-refractivity contribution in [1.29, 1.82) is 0 Å². The fraction of sp³-hybridized carbons (Fsp3) is 0.200. The minimum atomic E-state index is -3.11. The maximum Gasteiger partial charge on any atom is 0.298 e.